The molecule has 126 valence electrons. The Morgan fingerprint density at radius 3 is 2.67 bits per heavy atom. The number of nitrogens with zero attached hydrogens (tertiary/aromatic N) is 1. The SMILES string of the molecule is CCCCC(=O)Nc1ccc(C)cc1NC(=O)c1c[nH]c(=O)cn1. The molecule has 0 bridgehead atoms. The van der Waals surface area contributed by atoms with Crippen molar-refractivity contribution in [3.05, 3.63) is 52.2 Å². The van der Waals surface area contributed by atoms with Crippen LogP contribution in [0, 0.1) is 6.92 Å². The molecule has 0 atom stereocenters. The first-order chi connectivity index (χ1) is 11.5. The summed E-state index contributed by atoms with van der Waals surface area (Å²) in [5, 5.41) is 5.52. The fourth-order valence-electron chi connectivity index (χ4n) is 2.07. The number of H-pyrrole nitrogens is 1. The van der Waals surface area contributed by atoms with E-state index in [1.807, 2.05) is 19.9 Å². The average Bonchev–Trinajstić information content (AvgIpc) is 2.56. The number of hydrogen-bond acceptors (Lipinski definition) is 4. The molecular weight excluding hydrogens is 308 g/mol. The lowest BCUT2D eigenvalue weighted by atomic mass is 10.1. The van der Waals surface area contributed by atoms with Gasteiger partial charge in [-0.25, -0.2) is 4.98 Å². The lowest BCUT2D eigenvalue weighted by Crippen LogP contribution is -2.19. The third kappa shape index (κ3) is 4.77. The molecule has 0 radical (unpaired) electrons. The predicted molar refractivity (Wildman–Crippen MR) is 92.1 cm³/mol. The number of carbonyl (C=O) groups is 2. The van der Waals surface area contributed by atoms with Gasteiger partial charge in [-0.15, -0.1) is 0 Å². The largest absolute Gasteiger partial charge is 0.325 e. The third-order valence-corrected chi connectivity index (χ3v) is 3.36. The standard InChI is InChI=1S/C17H20N4O3/c1-3-4-5-15(22)20-12-7-6-11(2)8-13(12)21-17(24)14-9-19-16(23)10-18-14/h6-10H,3-5H2,1-2H3,(H,19,23)(H,20,22)(H,21,24). The van der Waals surface area contributed by atoms with Crippen molar-refractivity contribution in [1.82, 2.24) is 9.97 Å². The van der Waals surface area contributed by atoms with E-state index in [1.54, 1.807) is 12.1 Å². The van der Waals surface area contributed by atoms with Gasteiger partial charge in [0.05, 0.1) is 17.6 Å². The van der Waals surface area contributed by atoms with Gasteiger partial charge in [0.25, 0.3) is 11.5 Å². The van der Waals surface area contributed by atoms with Crippen LogP contribution >= 0.6 is 0 Å². The molecule has 0 aliphatic heterocycles. The topological polar surface area (TPSA) is 104 Å². The summed E-state index contributed by atoms with van der Waals surface area (Å²) >= 11 is 0. The normalized spacial score (nSPS) is 10.2. The van der Waals surface area contributed by atoms with Crippen LogP contribution in [0.15, 0.2) is 35.4 Å². The van der Waals surface area contributed by atoms with Crippen molar-refractivity contribution in [2.24, 2.45) is 0 Å². The second-order valence-corrected chi connectivity index (χ2v) is 5.45. The maximum absolute atomic E-state index is 12.2. The lowest BCUT2D eigenvalue weighted by molar-refractivity contribution is -0.116. The van der Waals surface area contributed by atoms with Crippen LogP contribution < -0.4 is 16.2 Å². The van der Waals surface area contributed by atoms with Crippen molar-refractivity contribution >= 4 is 23.2 Å². The van der Waals surface area contributed by atoms with Gasteiger partial charge in [-0.2, -0.15) is 0 Å². The number of aromatic nitrogens is 2. The van der Waals surface area contributed by atoms with Crippen molar-refractivity contribution in [1.29, 1.82) is 0 Å². The lowest BCUT2D eigenvalue weighted by Gasteiger charge is -2.13. The van der Waals surface area contributed by atoms with E-state index >= 15 is 0 Å². The Balaban J connectivity index is 2.17. The minimum absolute atomic E-state index is 0.0827. The Labute approximate surface area is 139 Å². The van der Waals surface area contributed by atoms with E-state index in [9.17, 15) is 14.4 Å². The monoisotopic (exact) mass is 328 g/mol. The summed E-state index contributed by atoms with van der Waals surface area (Å²) in [7, 11) is 0. The van der Waals surface area contributed by atoms with Crippen LogP contribution in [0.1, 0.15) is 42.2 Å². The van der Waals surface area contributed by atoms with Crippen LogP contribution in [0.3, 0.4) is 0 Å². The van der Waals surface area contributed by atoms with E-state index < -0.39 is 5.91 Å². The zero-order valence-electron chi connectivity index (χ0n) is 13.7. The zero-order valence-corrected chi connectivity index (χ0v) is 13.7. The number of anilines is 2. The summed E-state index contributed by atoms with van der Waals surface area (Å²) in [4.78, 5) is 41.4. The van der Waals surface area contributed by atoms with Gasteiger partial charge in [-0.1, -0.05) is 19.4 Å². The minimum Gasteiger partial charge on any atom is -0.325 e. The van der Waals surface area contributed by atoms with Crippen LogP contribution in [-0.4, -0.2) is 21.8 Å². The molecule has 0 unspecified atom stereocenters. The second kappa shape index (κ2) is 8.05. The number of hydrogen-bond donors (Lipinski definition) is 3. The maximum Gasteiger partial charge on any atom is 0.275 e. The van der Waals surface area contributed by atoms with Crippen LogP contribution in [0.4, 0.5) is 11.4 Å². The molecule has 0 aliphatic carbocycles. The van der Waals surface area contributed by atoms with Crippen LogP contribution in [0.25, 0.3) is 0 Å². The van der Waals surface area contributed by atoms with E-state index in [0.717, 1.165) is 24.6 Å². The molecule has 7 nitrogen and oxygen atoms in total. The predicted octanol–water partition coefficient (Wildman–Crippen LogP) is 2.46. The molecule has 1 heterocycles. The van der Waals surface area contributed by atoms with Crippen molar-refractivity contribution in [2.45, 2.75) is 33.1 Å². The number of aryl methyl sites for hydroxylation is 1. The summed E-state index contributed by atoms with van der Waals surface area (Å²) in [6, 6.07) is 5.36. The summed E-state index contributed by atoms with van der Waals surface area (Å²) in [5.41, 5.74) is 1.65. The second-order valence-electron chi connectivity index (χ2n) is 5.45. The summed E-state index contributed by atoms with van der Waals surface area (Å²) in [6.07, 6.45) is 4.45. The number of nitrogens with one attached hydrogen (secondary N) is 3. The quantitative estimate of drug-likeness (QED) is 0.757. The van der Waals surface area contributed by atoms with Gasteiger partial charge in [0.1, 0.15) is 5.69 Å². The van der Waals surface area contributed by atoms with Gasteiger partial charge in [0, 0.05) is 12.6 Å². The van der Waals surface area contributed by atoms with Crippen LogP contribution in [-0.2, 0) is 4.79 Å². The average molecular weight is 328 g/mol. The van der Waals surface area contributed by atoms with E-state index in [0.29, 0.717) is 17.8 Å². The molecule has 0 spiro atoms. The molecule has 0 saturated carbocycles. The first-order valence-electron chi connectivity index (χ1n) is 7.76. The number of amides is 2. The van der Waals surface area contributed by atoms with Gasteiger partial charge in [-0.05, 0) is 31.0 Å². The molecule has 7 heteroatoms. The molecule has 0 saturated heterocycles. The van der Waals surface area contributed by atoms with Gasteiger partial charge >= 0.3 is 0 Å². The van der Waals surface area contributed by atoms with Crippen molar-refractivity contribution in [2.75, 3.05) is 10.6 Å². The van der Waals surface area contributed by atoms with Crippen LogP contribution in [0.2, 0.25) is 0 Å². The highest BCUT2D eigenvalue weighted by atomic mass is 16.2. The van der Waals surface area contributed by atoms with E-state index in [4.69, 9.17) is 0 Å². The highest BCUT2D eigenvalue weighted by Gasteiger charge is 2.12. The zero-order chi connectivity index (χ0) is 17.5. The Bertz CT molecular complexity index is 778. The number of aromatic amines is 1. The highest BCUT2D eigenvalue weighted by Crippen LogP contribution is 2.24. The van der Waals surface area contributed by atoms with Crippen molar-refractivity contribution < 1.29 is 9.59 Å². The summed E-state index contributed by atoms with van der Waals surface area (Å²) in [6.45, 7) is 3.90. The Kier molecular flexibility index (Phi) is 5.83. The van der Waals surface area contributed by atoms with E-state index in [2.05, 4.69) is 20.6 Å². The Morgan fingerprint density at radius 2 is 2.00 bits per heavy atom. The molecule has 1 aromatic heterocycles. The first-order valence-corrected chi connectivity index (χ1v) is 7.76. The van der Waals surface area contributed by atoms with Crippen molar-refractivity contribution in [3.63, 3.8) is 0 Å². The molecule has 2 rings (SSSR count). The molecular formula is C17H20N4O3. The molecule has 2 aromatic rings. The summed E-state index contributed by atoms with van der Waals surface area (Å²) in [5.74, 6) is -0.570. The summed E-state index contributed by atoms with van der Waals surface area (Å²) < 4.78 is 0. The fourth-order valence-corrected chi connectivity index (χ4v) is 2.07. The molecule has 0 aliphatic rings. The fraction of sp³-hybridized carbons (Fsp3) is 0.294. The van der Waals surface area contributed by atoms with Gasteiger partial charge in [0.15, 0.2) is 0 Å². The third-order valence-electron chi connectivity index (χ3n) is 3.36. The van der Waals surface area contributed by atoms with Crippen LogP contribution in [0.5, 0.6) is 0 Å². The highest BCUT2D eigenvalue weighted by molar-refractivity contribution is 6.06. The minimum atomic E-state index is -0.471. The first kappa shape index (κ1) is 17.4. The van der Waals surface area contributed by atoms with Crippen molar-refractivity contribution in [3.8, 4) is 0 Å². The molecule has 2 amide bonds. The molecule has 3 N–H and O–H groups in total. The maximum atomic E-state index is 12.2. The molecule has 24 heavy (non-hydrogen) atoms. The number of unbranched alkanes of at least 4 members (excludes halogenated alkanes) is 1. The number of carbonyl (C=O) groups excluding carboxylic acids is 2. The van der Waals surface area contributed by atoms with Gasteiger partial charge in [0.2, 0.25) is 5.91 Å². The van der Waals surface area contributed by atoms with Gasteiger partial charge in [-0.3, -0.25) is 14.4 Å². The van der Waals surface area contributed by atoms with Gasteiger partial charge < -0.3 is 15.6 Å². The number of benzene rings is 1. The van der Waals surface area contributed by atoms with E-state index in [-0.39, 0.29) is 17.2 Å². The molecule has 0 fully saturated rings. The Hall–Kier alpha value is -2.96. The smallest absolute Gasteiger partial charge is 0.275 e. The Morgan fingerprint density at radius 1 is 1.21 bits per heavy atom. The van der Waals surface area contributed by atoms with E-state index in [1.165, 1.54) is 6.20 Å². The molecule has 1 aromatic carbocycles. The number of rotatable bonds is 6.